The second-order valence-electron chi connectivity index (χ2n) is 4.28. The maximum atomic E-state index is 11.6. The third kappa shape index (κ3) is 4.17. The van der Waals surface area contributed by atoms with Crippen molar-refractivity contribution in [3.05, 3.63) is 0 Å². The van der Waals surface area contributed by atoms with Gasteiger partial charge in [0.1, 0.15) is 5.78 Å². The van der Waals surface area contributed by atoms with Gasteiger partial charge in [-0.1, -0.05) is 26.7 Å². The number of ketones is 1. The summed E-state index contributed by atoms with van der Waals surface area (Å²) in [4.78, 5) is 11.6. The number of hydrogen-bond donors (Lipinski definition) is 0. The minimum absolute atomic E-state index is 0.324. The van der Waals surface area contributed by atoms with Crippen LogP contribution in [0.25, 0.3) is 0 Å². The van der Waals surface area contributed by atoms with E-state index in [-0.39, 0.29) is 0 Å². The topological polar surface area (TPSA) is 17.1 Å². The third-order valence-electron chi connectivity index (χ3n) is 2.38. The van der Waals surface area contributed by atoms with Crippen LogP contribution in [0, 0.1) is 5.92 Å². The van der Waals surface area contributed by atoms with E-state index in [1.54, 1.807) is 0 Å². The summed E-state index contributed by atoms with van der Waals surface area (Å²) in [5.41, 5.74) is 0. The fourth-order valence-corrected chi connectivity index (χ4v) is 2.87. The van der Waals surface area contributed by atoms with E-state index in [0.29, 0.717) is 17.0 Å². The van der Waals surface area contributed by atoms with Crippen molar-refractivity contribution in [2.24, 2.45) is 5.92 Å². The van der Waals surface area contributed by atoms with E-state index >= 15 is 0 Å². The molecule has 0 aromatic carbocycles. The molecule has 1 nitrogen and oxygen atoms in total. The van der Waals surface area contributed by atoms with Crippen LogP contribution in [0.4, 0.5) is 0 Å². The average molecular weight is 200 g/mol. The highest BCUT2D eigenvalue weighted by Gasteiger charge is 2.20. The molecule has 1 atom stereocenters. The monoisotopic (exact) mass is 200 g/mol. The highest BCUT2D eigenvalue weighted by Crippen LogP contribution is 2.26. The first-order valence-electron chi connectivity index (χ1n) is 5.34. The minimum atomic E-state index is 0.324. The summed E-state index contributed by atoms with van der Waals surface area (Å²) < 4.78 is 0. The summed E-state index contributed by atoms with van der Waals surface area (Å²) in [6.45, 7) is 4.43. The van der Waals surface area contributed by atoms with Gasteiger partial charge in [0.15, 0.2) is 0 Å². The van der Waals surface area contributed by atoms with Gasteiger partial charge in [-0.25, -0.2) is 0 Å². The fraction of sp³-hybridized carbons (Fsp3) is 0.909. The Morgan fingerprint density at radius 2 is 2.15 bits per heavy atom. The summed E-state index contributed by atoms with van der Waals surface area (Å²) >= 11 is 1.88. The molecule has 1 rings (SSSR count). The molecule has 1 saturated carbocycles. The molecule has 0 aromatic rings. The average Bonchev–Trinajstić information content (AvgIpc) is 2.27. The van der Waals surface area contributed by atoms with Gasteiger partial charge in [-0.15, -0.1) is 0 Å². The van der Waals surface area contributed by atoms with Crippen LogP contribution in [0.15, 0.2) is 0 Å². The van der Waals surface area contributed by atoms with E-state index < -0.39 is 0 Å². The molecule has 76 valence electrons. The van der Waals surface area contributed by atoms with Crippen LogP contribution in [0.1, 0.15) is 46.0 Å². The van der Waals surface area contributed by atoms with Gasteiger partial charge in [0.2, 0.25) is 0 Å². The lowest BCUT2D eigenvalue weighted by atomic mass is 10.2. The Kier molecular flexibility index (Phi) is 4.86. The Labute approximate surface area is 85.7 Å². The van der Waals surface area contributed by atoms with Crippen LogP contribution < -0.4 is 0 Å². The molecule has 0 radical (unpaired) electrons. The van der Waals surface area contributed by atoms with E-state index in [0.717, 1.165) is 25.0 Å². The number of carbonyl (C=O) groups excluding carboxylic acids is 1. The van der Waals surface area contributed by atoms with Crippen molar-refractivity contribution in [3.63, 3.8) is 0 Å². The van der Waals surface area contributed by atoms with Crippen molar-refractivity contribution >= 4 is 17.5 Å². The molecular formula is C11H20OS. The largest absolute Gasteiger partial charge is 0.298 e. The molecule has 0 aromatic heterocycles. The molecule has 1 unspecified atom stereocenters. The van der Waals surface area contributed by atoms with Gasteiger partial charge in [-0.2, -0.15) is 11.8 Å². The van der Waals surface area contributed by atoms with E-state index in [2.05, 4.69) is 13.8 Å². The molecule has 2 heteroatoms. The number of Topliss-reactive ketones (excluding diaryl/α,β-unsaturated/α-hetero) is 1. The lowest BCUT2D eigenvalue weighted by molar-refractivity contribution is -0.118. The molecule has 1 aliphatic carbocycles. The van der Waals surface area contributed by atoms with E-state index in [1.807, 2.05) is 11.8 Å². The number of hydrogen-bond acceptors (Lipinski definition) is 2. The van der Waals surface area contributed by atoms with Gasteiger partial charge in [-0.3, -0.25) is 4.79 Å². The number of carbonyl (C=O) groups is 1. The second-order valence-corrected chi connectivity index (χ2v) is 5.52. The SMILES string of the molecule is CC(C)CSC1CCCCCC1=O. The van der Waals surface area contributed by atoms with Gasteiger partial charge >= 0.3 is 0 Å². The molecule has 0 amide bonds. The smallest absolute Gasteiger partial charge is 0.145 e. The zero-order valence-electron chi connectivity index (χ0n) is 8.71. The molecule has 1 fully saturated rings. The van der Waals surface area contributed by atoms with Gasteiger partial charge in [0, 0.05) is 6.42 Å². The highest BCUT2D eigenvalue weighted by molar-refractivity contribution is 8.00. The van der Waals surface area contributed by atoms with Crippen LogP contribution in [0.5, 0.6) is 0 Å². The maximum Gasteiger partial charge on any atom is 0.145 e. The number of rotatable bonds is 3. The molecule has 0 aliphatic heterocycles. The molecular weight excluding hydrogens is 180 g/mol. The number of thioether (sulfide) groups is 1. The fourth-order valence-electron chi connectivity index (χ4n) is 1.61. The first-order valence-corrected chi connectivity index (χ1v) is 6.39. The first kappa shape index (κ1) is 11.1. The Morgan fingerprint density at radius 3 is 2.85 bits per heavy atom. The van der Waals surface area contributed by atoms with Crippen LogP contribution in [-0.4, -0.2) is 16.8 Å². The molecule has 0 N–H and O–H groups in total. The zero-order valence-corrected chi connectivity index (χ0v) is 9.53. The van der Waals surface area contributed by atoms with Crippen molar-refractivity contribution in [2.75, 3.05) is 5.75 Å². The Hall–Kier alpha value is 0.0200. The second kappa shape index (κ2) is 5.69. The molecule has 0 bridgehead atoms. The van der Waals surface area contributed by atoms with Gasteiger partial charge in [0.05, 0.1) is 5.25 Å². The summed E-state index contributed by atoms with van der Waals surface area (Å²) in [5, 5.41) is 0.324. The third-order valence-corrected chi connectivity index (χ3v) is 4.14. The van der Waals surface area contributed by atoms with Crippen LogP contribution in [0.3, 0.4) is 0 Å². The standard InChI is InChI=1S/C11H20OS/c1-9(2)8-13-11-7-5-3-4-6-10(11)12/h9,11H,3-8H2,1-2H3. The Balaban J connectivity index is 2.32. The van der Waals surface area contributed by atoms with E-state index in [1.165, 1.54) is 12.8 Å². The summed E-state index contributed by atoms with van der Waals surface area (Å²) in [7, 11) is 0. The summed E-state index contributed by atoms with van der Waals surface area (Å²) in [5.74, 6) is 2.35. The molecule has 0 spiro atoms. The molecule has 13 heavy (non-hydrogen) atoms. The maximum absolute atomic E-state index is 11.6. The normalized spacial score (nSPS) is 24.8. The predicted octanol–water partition coefficient (Wildman–Crippen LogP) is 3.28. The lowest BCUT2D eigenvalue weighted by Crippen LogP contribution is -2.16. The lowest BCUT2D eigenvalue weighted by Gasteiger charge is -2.13. The van der Waals surface area contributed by atoms with Crippen LogP contribution in [0.2, 0.25) is 0 Å². The summed E-state index contributed by atoms with van der Waals surface area (Å²) in [6, 6.07) is 0. The van der Waals surface area contributed by atoms with Crippen LogP contribution >= 0.6 is 11.8 Å². The van der Waals surface area contributed by atoms with Gasteiger partial charge in [0.25, 0.3) is 0 Å². The molecule has 1 aliphatic rings. The quantitative estimate of drug-likeness (QED) is 0.650. The highest BCUT2D eigenvalue weighted by atomic mass is 32.2. The Morgan fingerprint density at radius 1 is 1.38 bits per heavy atom. The first-order chi connectivity index (χ1) is 6.20. The minimum Gasteiger partial charge on any atom is -0.298 e. The van der Waals surface area contributed by atoms with Crippen molar-refractivity contribution in [3.8, 4) is 0 Å². The van der Waals surface area contributed by atoms with Crippen molar-refractivity contribution in [1.82, 2.24) is 0 Å². The van der Waals surface area contributed by atoms with Crippen LogP contribution in [-0.2, 0) is 4.79 Å². The summed E-state index contributed by atoms with van der Waals surface area (Å²) in [6.07, 6.45) is 5.58. The van der Waals surface area contributed by atoms with Crippen molar-refractivity contribution in [1.29, 1.82) is 0 Å². The molecule has 0 heterocycles. The zero-order chi connectivity index (χ0) is 9.68. The van der Waals surface area contributed by atoms with Crippen molar-refractivity contribution < 1.29 is 4.79 Å². The van der Waals surface area contributed by atoms with Gasteiger partial charge in [-0.05, 0) is 24.5 Å². The van der Waals surface area contributed by atoms with E-state index in [4.69, 9.17) is 0 Å². The van der Waals surface area contributed by atoms with Gasteiger partial charge < -0.3 is 0 Å². The van der Waals surface area contributed by atoms with E-state index in [9.17, 15) is 4.79 Å². The predicted molar refractivity (Wildman–Crippen MR) is 59.2 cm³/mol. The van der Waals surface area contributed by atoms with Crippen molar-refractivity contribution in [2.45, 2.75) is 51.2 Å². The molecule has 0 saturated heterocycles. The Bertz CT molecular complexity index is 165.